The summed E-state index contributed by atoms with van der Waals surface area (Å²) in [7, 11) is 0. The Balaban J connectivity index is 1.95. The molecular weight excluding hydrogens is 338 g/mol. The predicted octanol–water partition coefficient (Wildman–Crippen LogP) is 3.97. The number of amides is 1. The average molecular weight is 354 g/mol. The molecule has 0 unspecified atom stereocenters. The van der Waals surface area contributed by atoms with E-state index in [4.69, 9.17) is 26.1 Å². The number of rotatable bonds is 4. The Morgan fingerprint density at radius 1 is 1.52 bits per heavy atom. The van der Waals surface area contributed by atoms with Gasteiger partial charge in [0.25, 0.3) is 0 Å². The first-order valence-corrected chi connectivity index (χ1v) is 8.25. The minimum absolute atomic E-state index is 0.346. The highest BCUT2D eigenvalue weighted by Crippen LogP contribution is 2.31. The van der Waals surface area contributed by atoms with Crippen molar-refractivity contribution >= 4 is 40.4 Å². The van der Waals surface area contributed by atoms with E-state index in [9.17, 15) is 4.79 Å². The van der Waals surface area contributed by atoms with E-state index in [1.54, 1.807) is 26.8 Å². The van der Waals surface area contributed by atoms with Crippen LogP contribution in [0, 0.1) is 11.3 Å². The third-order valence-electron chi connectivity index (χ3n) is 2.63. The summed E-state index contributed by atoms with van der Waals surface area (Å²) in [6, 6.07) is 5.27. The summed E-state index contributed by atoms with van der Waals surface area (Å²) in [5.41, 5.74) is 0.238. The van der Waals surface area contributed by atoms with E-state index in [2.05, 4.69) is 10.5 Å². The van der Waals surface area contributed by atoms with Gasteiger partial charge in [0.15, 0.2) is 5.58 Å². The van der Waals surface area contributed by atoms with Crippen LogP contribution in [0.1, 0.15) is 26.3 Å². The smallest absolute Gasteiger partial charge is 0.407 e. The maximum atomic E-state index is 11.5. The van der Waals surface area contributed by atoms with Crippen molar-refractivity contribution in [3.63, 3.8) is 0 Å². The largest absolute Gasteiger partial charge is 0.444 e. The topological polar surface area (TPSA) is 88.2 Å². The predicted molar refractivity (Wildman–Crippen MR) is 88.7 cm³/mol. The lowest BCUT2D eigenvalue weighted by atomic mass is 10.2. The van der Waals surface area contributed by atoms with E-state index in [1.807, 2.05) is 6.07 Å². The molecule has 0 saturated heterocycles. The van der Waals surface area contributed by atoms with Gasteiger partial charge in [-0.05, 0) is 32.9 Å². The molecule has 0 fully saturated rings. The van der Waals surface area contributed by atoms with Crippen LogP contribution < -0.4 is 5.32 Å². The average Bonchev–Trinajstić information content (AvgIpc) is 2.84. The van der Waals surface area contributed by atoms with Crippen LogP contribution in [-0.4, -0.2) is 29.1 Å². The SMILES string of the molecule is CC(C)(C)OC(=O)NCCSc1noc2c(C#N)cc(Cl)cc12. The van der Waals surface area contributed by atoms with E-state index in [1.165, 1.54) is 17.8 Å². The Labute approximate surface area is 143 Å². The number of hydrogen-bond donors (Lipinski definition) is 1. The van der Waals surface area contributed by atoms with Crippen molar-refractivity contribution in [1.29, 1.82) is 5.26 Å². The number of nitrogens with one attached hydrogen (secondary N) is 1. The fourth-order valence-corrected chi connectivity index (χ4v) is 2.80. The lowest BCUT2D eigenvalue weighted by molar-refractivity contribution is 0.0531. The van der Waals surface area contributed by atoms with Gasteiger partial charge in [-0.1, -0.05) is 16.8 Å². The van der Waals surface area contributed by atoms with Gasteiger partial charge in [-0.3, -0.25) is 0 Å². The molecule has 23 heavy (non-hydrogen) atoms. The number of benzene rings is 1. The first-order valence-electron chi connectivity index (χ1n) is 6.89. The molecule has 1 aromatic heterocycles. The van der Waals surface area contributed by atoms with Gasteiger partial charge in [-0.15, -0.1) is 11.8 Å². The summed E-state index contributed by atoms with van der Waals surface area (Å²) in [4.78, 5) is 11.5. The second kappa shape index (κ2) is 7.11. The number of halogens is 1. The summed E-state index contributed by atoms with van der Waals surface area (Å²) in [5.74, 6) is 0.579. The van der Waals surface area contributed by atoms with Crippen molar-refractivity contribution < 1.29 is 14.1 Å². The van der Waals surface area contributed by atoms with Crippen LogP contribution in [-0.2, 0) is 4.74 Å². The molecule has 6 nitrogen and oxygen atoms in total. The summed E-state index contributed by atoms with van der Waals surface area (Å²) in [6.45, 7) is 5.83. The third kappa shape index (κ3) is 4.78. The monoisotopic (exact) mass is 353 g/mol. The van der Waals surface area contributed by atoms with Crippen molar-refractivity contribution in [3.8, 4) is 6.07 Å². The summed E-state index contributed by atoms with van der Waals surface area (Å²) in [6.07, 6.45) is -0.460. The number of thioether (sulfide) groups is 1. The summed E-state index contributed by atoms with van der Waals surface area (Å²) >= 11 is 7.39. The van der Waals surface area contributed by atoms with Crippen molar-refractivity contribution in [2.75, 3.05) is 12.3 Å². The highest BCUT2D eigenvalue weighted by molar-refractivity contribution is 7.99. The van der Waals surface area contributed by atoms with Crippen LogP contribution in [0.25, 0.3) is 11.0 Å². The first kappa shape index (κ1) is 17.4. The second-order valence-corrected chi connectivity index (χ2v) is 7.23. The molecule has 0 bridgehead atoms. The molecule has 0 aliphatic heterocycles. The molecule has 2 rings (SSSR count). The molecule has 122 valence electrons. The van der Waals surface area contributed by atoms with E-state index >= 15 is 0 Å². The highest BCUT2D eigenvalue weighted by Gasteiger charge is 2.16. The molecular formula is C15H16ClN3O3S. The van der Waals surface area contributed by atoms with Crippen LogP contribution in [0.4, 0.5) is 4.79 Å². The molecule has 1 N–H and O–H groups in total. The number of hydrogen-bond acceptors (Lipinski definition) is 6. The van der Waals surface area contributed by atoms with Crippen molar-refractivity contribution in [2.24, 2.45) is 0 Å². The van der Waals surface area contributed by atoms with Crippen molar-refractivity contribution in [2.45, 2.75) is 31.4 Å². The van der Waals surface area contributed by atoms with E-state index in [-0.39, 0.29) is 0 Å². The van der Waals surface area contributed by atoms with Crippen LogP contribution in [0.15, 0.2) is 21.7 Å². The standard InChI is InChI=1S/C15H16ClN3O3S/c1-15(2,3)21-14(20)18-4-5-23-13-11-7-10(16)6-9(8-17)12(11)22-19-13/h6-7H,4-5H2,1-3H3,(H,18,20). The third-order valence-corrected chi connectivity index (χ3v) is 3.83. The number of nitrogens with zero attached hydrogens (tertiary/aromatic N) is 2. The molecule has 1 heterocycles. The summed E-state index contributed by atoms with van der Waals surface area (Å²) < 4.78 is 10.4. The number of aromatic nitrogens is 1. The van der Waals surface area contributed by atoms with E-state index < -0.39 is 11.7 Å². The molecule has 0 saturated carbocycles. The Morgan fingerprint density at radius 2 is 2.26 bits per heavy atom. The van der Waals surface area contributed by atoms with Gasteiger partial charge in [-0.25, -0.2) is 4.79 Å². The molecule has 1 amide bonds. The molecule has 1 aromatic carbocycles. The summed E-state index contributed by atoms with van der Waals surface area (Å²) in [5, 5.41) is 17.5. The quantitative estimate of drug-likeness (QED) is 0.660. The van der Waals surface area contributed by atoms with E-state index in [0.29, 0.717) is 38.9 Å². The maximum absolute atomic E-state index is 11.5. The zero-order valence-corrected chi connectivity index (χ0v) is 14.5. The van der Waals surface area contributed by atoms with Crippen molar-refractivity contribution in [3.05, 3.63) is 22.7 Å². The highest BCUT2D eigenvalue weighted by atomic mass is 35.5. The van der Waals surface area contributed by atoms with Crippen LogP contribution >= 0.6 is 23.4 Å². The Morgan fingerprint density at radius 3 is 2.91 bits per heavy atom. The van der Waals surface area contributed by atoms with Gasteiger partial charge < -0.3 is 14.6 Å². The lowest BCUT2D eigenvalue weighted by Gasteiger charge is -2.19. The lowest BCUT2D eigenvalue weighted by Crippen LogP contribution is -2.33. The van der Waals surface area contributed by atoms with Gasteiger partial charge in [0, 0.05) is 17.3 Å². The van der Waals surface area contributed by atoms with Gasteiger partial charge in [0.2, 0.25) is 0 Å². The fraction of sp³-hybridized carbons (Fsp3) is 0.400. The van der Waals surface area contributed by atoms with Crippen molar-refractivity contribution in [1.82, 2.24) is 10.5 Å². The van der Waals surface area contributed by atoms with Gasteiger partial charge >= 0.3 is 6.09 Å². The second-order valence-electron chi connectivity index (χ2n) is 5.71. The number of fused-ring (bicyclic) bond motifs is 1. The van der Waals surface area contributed by atoms with Gasteiger partial charge in [-0.2, -0.15) is 5.26 Å². The minimum atomic E-state index is -0.524. The Kier molecular flexibility index (Phi) is 5.39. The van der Waals surface area contributed by atoms with Gasteiger partial charge in [0.1, 0.15) is 16.7 Å². The number of alkyl carbamates (subject to hydrolysis) is 1. The van der Waals surface area contributed by atoms with E-state index in [0.717, 1.165) is 0 Å². The number of ether oxygens (including phenoxy) is 1. The minimum Gasteiger partial charge on any atom is -0.444 e. The first-order chi connectivity index (χ1) is 10.8. The van der Waals surface area contributed by atoms with Crippen LogP contribution in [0.5, 0.6) is 0 Å². The molecule has 0 aliphatic carbocycles. The number of carbonyl (C=O) groups excluding carboxylic acids is 1. The number of carbonyl (C=O) groups is 1. The molecule has 0 radical (unpaired) electrons. The van der Waals surface area contributed by atoms with Crippen LogP contribution in [0.2, 0.25) is 5.02 Å². The number of nitriles is 1. The van der Waals surface area contributed by atoms with Crippen LogP contribution in [0.3, 0.4) is 0 Å². The fourth-order valence-electron chi connectivity index (χ4n) is 1.79. The molecule has 2 aromatic rings. The maximum Gasteiger partial charge on any atom is 0.407 e. The molecule has 8 heteroatoms. The van der Waals surface area contributed by atoms with Gasteiger partial charge in [0.05, 0.1) is 10.9 Å². The Hall–Kier alpha value is -1.91. The zero-order valence-electron chi connectivity index (χ0n) is 13.0. The normalized spacial score (nSPS) is 11.3. The molecule has 0 spiro atoms. The zero-order chi connectivity index (χ0) is 17.0. The molecule has 0 atom stereocenters. The Bertz CT molecular complexity index is 762. The molecule has 0 aliphatic rings.